The molecule has 2 aromatic heterocycles. The van der Waals surface area contributed by atoms with Gasteiger partial charge in [0.15, 0.2) is 5.65 Å². The van der Waals surface area contributed by atoms with E-state index in [1.165, 1.54) is 4.68 Å². The maximum Gasteiger partial charge on any atom is 0.331 e. The Kier molecular flexibility index (Phi) is 1.63. The molecule has 0 aromatic carbocycles. The fourth-order valence-electron chi connectivity index (χ4n) is 1.18. The van der Waals surface area contributed by atoms with Crippen LogP contribution in [-0.4, -0.2) is 15.7 Å². The van der Waals surface area contributed by atoms with Gasteiger partial charge in [0.25, 0.3) is 0 Å². The average molecular weight is 176 g/mol. The zero-order chi connectivity index (χ0) is 9.26. The van der Waals surface area contributed by atoms with Gasteiger partial charge in [0.1, 0.15) is 0 Å². The molecule has 2 aromatic rings. The molecule has 0 aliphatic heterocycles. The minimum atomic E-state index is -0.608. The number of aromatic nitrogens is 2. The van der Waals surface area contributed by atoms with Gasteiger partial charge in [-0.1, -0.05) is 0 Å². The van der Waals surface area contributed by atoms with Crippen molar-refractivity contribution in [2.24, 2.45) is 5.73 Å². The van der Waals surface area contributed by atoms with E-state index in [-0.39, 0.29) is 0 Å². The fourth-order valence-corrected chi connectivity index (χ4v) is 1.18. The number of nitrogens with zero attached hydrogens (tertiary/aromatic N) is 2. The molecule has 0 aliphatic rings. The molecule has 2 rings (SSSR count). The predicted molar refractivity (Wildman–Crippen MR) is 48.7 cm³/mol. The number of fused-ring (bicyclic) bond motifs is 1. The number of nitrogens with one attached hydrogen (secondary N) is 1. The number of carbonyl (C=O) groups excluding carboxylic acids is 1. The smallest absolute Gasteiger partial charge is 0.331 e. The summed E-state index contributed by atoms with van der Waals surface area (Å²) in [6, 6.07) is 4.97. The average Bonchev–Trinajstić information content (AvgIpc) is 2.48. The third-order valence-electron chi connectivity index (χ3n) is 1.68. The van der Waals surface area contributed by atoms with Gasteiger partial charge >= 0.3 is 6.03 Å². The Labute approximate surface area is 74.1 Å². The van der Waals surface area contributed by atoms with Gasteiger partial charge in [0, 0.05) is 17.8 Å². The molecule has 5 heteroatoms. The van der Waals surface area contributed by atoms with E-state index in [1.807, 2.05) is 18.2 Å². The van der Waals surface area contributed by atoms with Crippen molar-refractivity contribution in [1.82, 2.24) is 9.66 Å². The minimum Gasteiger partial charge on any atom is -0.350 e. The molecule has 0 fully saturated rings. The Balaban J connectivity index is 2.51. The Morgan fingerprint density at radius 2 is 2.38 bits per heavy atom. The second-order valence-corrected chi connectivity index (χ2v) is 2.58. The molecule has 13 heavy (non-hydrogen) atoms. The van der Waals surface area contributed by atoms with Gasteiger partial charge in [-0.3, -0.25) is 0 Å². The van der Waals surface area contributed by atoms with E-state index in [1.54, 1.807) is 12.4 Å². The van der Waals surface area contributed by atoms with Gasteiger partial charge in [-0.05, 0) is 18.2 Å². The van der Waals surface area contributed by atoms with Crippen molar-refractivity contribution in [3.05, 3.63) is 30.6 Å². The highest BCUT2D eigenvalue weighted by Gasteiger charge is 2.01. The van der Waals surface area contributed by atoms with Crippen molar-refractivity contribution >= 4 is 17.1 Å². The highest BCUT2D eigenvalue weighted by atomic mass is 16.2. The van der Waals surface area contributed by atoms with E-state index in [0.29, 0.717) is 5.65 Å². The molecule has 0 radical (unpaired) electrons. The van der Waals surface area contributed by atoms with E-state index >= 15 is 0 Å². The third-order valence-corrected chi connectivity index (χ3v) is 1.68. The molecule has 5 nitrogen and oxygen atoms in total. The molecule has 0 saturated carbocycles. The normalized spacial score (nSPS) is 10.2. The summed E-state index contributed by atoms with van der Waals surface area (Å²) in [6.45, 7) is 0. The quantitative estimate of drug-likeness (QED) is 0.669. The number of amides is 2. The first-order chi connectivity index (χ1) is 6.27. The summed E-state index contributed by atoms with van der Waals surface area (Å²) in [5, 5.41) is 0.955. The van der Waals surface area contributed by atoms with Crippen LogP contribution in [0.15, 0.2) is 30.6 Å². The topological polar surface area (TPSA) is 72.9 Å². The zero-order valence-electron chi connectivity index (χ0n) is 6.77. The molecule has 2 heterocycles. The van der Waals surface area contributed by atoms with Crippen LogP contribution in [-0.2, 0) is 0 Å². The number of urea groups is 1. The highest BCUT2D eigenvalue weighted by molar-refractivity contribution is 5.83. The number of carbonyl (C=O) groups is 1. The second kappa shape index (κ2) is 2.78. The van der Waals surface area contributed by atoms with Gasteiger partial charge in [0.2, 0.25) is 0 Å². The molecule has 0 bridgehead atoms. The summed E-state index contributed by atoms with van der Waals surface area (Å²) in [6.07, 6.45) is 3.35. The maximum absolute atomic E-state index is 10.6. The van der Waals surface area contributed by atoms with Gasteiger partial charge < -0.3 is 5.73 Å². The van der Waals surface area contributed by atoms with Crippen molar-refractivity contribution < 1.29 is 4.79 Å². The Morgan fingerprint density at radius 1 is 1.54 bits per heavy atom. The summed E-state index contributed by atoms with van der Waals surface area (Å²) < 4.78 is 1.48. The van der Waals surface area contributed by atoms with Crippen LogP contribution >= 0.6 is 0 Å². The summed E-state index contributed by atoms with van der Waals surface area (Å²) in [5.74, 6) is 0. The summed E-state index contributed by atoms with van der Waals surface area (Å²) >= 11 is 0. The lowest BCUT2D eigenvalue weighted by Crippen LogP contribution is -2.27. The molecular weight excluding hydrogens is 168 g/mol. The minimum absolute atomic E-state index is 0.608. The van der Waals surface area contributed by atoms with Crippen molar-refractivity contribution in [3.8, 4) is 0 Å². The van der Waals surface area contributed by atoms with Crippen molar-refractivity contribution in [3.63, 3.8) is 0 Å². The Hall–Kier alpha value is -2.04. The SMILES string of the molecule is NC(=O)Nn1ccc2cccnc21. The number of hydrogen-bond acceptors (Lipinski definition) is 2. The number of rotatable bonds is 1. The Bertz CT molecular complexity index is 448. The van der Waals surface area contributed by atoms with E-state index in [2.05, 4.69) is 10.4 Å². The van der Waals surface area contributed by atoms with Crippen LogP contribution in [0.5, 0.6) is 0 Å². The van der Waals surface area contributed by atoms with Crippen LogP contribution in [0.2, 0.25) is 0 Å². The van der Waals surface area contributed by atoms with Crippen molar-refractivity contribution in [2.45, 2.75) is 0 Å². The van der Waals surface area contributed by atoms with Crippen LogP contribution < -0.4 is 11.2 Å². The standard InChI is InChI=1S/C8H8N4O/c9-8(13)11-12-5-3-6-2-1-4-10-7(6)12/h1-5H,(H3,9,11,13). The van der Waals surface area contributed by atoms with Crippen LogP contribution in [0, 0.1) is 0 Å². The molecule has 66 valence electrons. The predicted octanol–water partition coefficient (Wildman–Crippen LogP) is 0.659. The van der Waals surface area contributed by atoms with E-state index < -0.39 is 6.03 Å². The second-order valence-electron chi connectivity index (χ2n) is 2.58. The van der Waals surface area contributed by atoms with Gasteiger partial charge in [0.05, 0.1) is 0 Å². The van der Waals surface area contributed by atoms with Gasteiger partial charge in [-0.25, -0.2) is 19.9 Å². The first-order valence-electron chi connectivity index (χ1n) is 3.76. The molecule has 0 aliphatic carbocycles. The molecule has 0 spiro atoms. The summed E-state index contributed by atoms with van der Waals surface area (Å²) in [5.41, 5.74) is 8.08. The van der Waals surface area contributed by atoms with Crippen molar-refractivity contribution in [1.29, 1.82) is 0 Å². The molecule has 0 saturated heterocycles. The Morgan fingerprint density at radius 3 is 3.15 bits per heavy atom. The maximum atomic E-state index is 10.6. The van der Waals surface area contributed by atoms with Crippen molar-refractivity contribution in [2.75, 3.05) is 5.43 Å². The van der Waals surface area contributed by atoms with Gasteiger partial charge in [-0.15, -0.1) is 0 Å². The number of hydrogen-bond donors (Lipinski definition) is 2. The highest BCUT2D eigenvalue weighted by Crippen LogP contribution is 2.09. The lowest BCUT2D eigenvalue weighted by Gasteiger charge is -2.02. The monoisotopic (exact) mass is 176 g/mol. The van der Waals surface area contributed by atoms with E-state index in [4.69, 9.17) is 5.73 Å². The van der Waals surface area contributed by atoms with Crippen LogP contribution in [0.25, 0.3) is 11.0 Å². The lowest BCUT2D eigenvalue weighted by molar-refractivity contribution is 0.257. The fraction of sp³-hybridized carbons (Fsp3) is 0. The third kappa shape index (κ3) is 1.31. The molecule has 0 unspecified atom stereocenters. The molecule has 0 atom stereocenters. The molecular formula is C8H8N4O. The first kappa shape index (κ1) is 7.60. The van der Waals surface area contributed by atoms with Crippen LogP contribution in [0.4, 0.5) is 4.79 Å². The van der Waals surface area contributed by atoms with E-state index in [0.717, 1.165) is 5.39 Å². The first-order valence-corrected chi connectivity index (χ1v) is 3.76. The number of primary amides is 1. The lowest BCUT2D eigenvalue weighted by atomic mass is 10.3. The zero-order valence-corrected chi connectivity index (χ0v) is 6.77. The van der Waals surface area contributed by atoms with E-state index in [9.17, 15) is 4.79 Å². The summed E-state index contributed by atoms with van der Waals surface area (Å²) in [7, 11) is 0. The molecule has 2 amide bonds. The largest absolute Gasteiger partial charge is 0.350 e. The van der Waals surface area contributed by atoms with Crippen LogP contribution in [0.1, 0.15) is 0 Å². The van der Waals surface area contributed by atoms with Gasteiger partial charge in [-0.2, -0.15) is 0 Å². The molecule has 3 N–H and O–H groups in total. The summed E-state index contributed by atoms with van der Waals surface area (Å²) in [4.78, 5) is 14.7. The number of nitrogens with two attached hydrogens (primary N) is 1. The van der Waals surface area contributed by atoms with Crippen LogP contribution in [0.3, 0.4) is 0 Å². The number of pyridine rings is 1.